The van der Waals surface area contributed by atoms with E-state index < -0.39 is 0 Å². The van der Waals surface area contributed by atoms with Crippen LogP contribution >= 0.6 is 11.3 Å². The van der Waals surface area contributed by atoms with Crippen LogP contribution in [0.15, 0.2) is 42.5 Å². The number of fused-ring (bicyclic) bond motifs is 1. The maximum absolute atomic E-state index is 13.7. The van der Waals surface area contributed by atoms with Gasteiger partial charge in [0.05, 0.1) is 31.1 Å². The second-order valence-electron chi connectivity index (χ2n) is 8.52. The van der Waals surface area contributed by atoms with Crippen molar-refractivity contribution in [1.82, 2.24) is 9.88 Å². The highest BCUT2D eigenvalue weighted by Crippen LogP contribution is 2.35. The lowest BCUT2D eigenvalue weighted by atomic mass is 10.2. The molecular formula is C27H35N3O4S. The lowest BCUT2D eigenvalue weighted by molar-refractivity contribution is 0.0376. The Labute approximate surface area is 211 Å². The molecule has 35 heavy (non-hydrogen) atoms. The zero-order valence-corrected chi connectivity index (χ0v) is 21.5. The van der Waals surface area contributed by atoms with Crippen molar-refractivity contribution >= 4 is 32.6 Å². The molecule has 1 amide bonds. The van der Waals surface area contributed by atoms with E-state index in [-0.39, 0.29) is 5.91 Å². The first-order valence-electron chi connectivity index (χ1n) is 12.6. The van der Waals surface area contributed by atoms with Gasteiger partial charge in [-0.3, -0.25) is 14.6 Å². The van der Waals surface area contributed by atoms with Crippen LogP contribution in [0.2, 0.25) is 0 Å². The summed E-state index contributed by atoms with van der Waals surface area (Å²) >= 11 is 1.53. The maximum Gasteiger partial charge on any atom is 0.260 e. The van der Waals surface area contributed by atoms with Gasteiger partial charge in [-0.25, -0.2) is 4.98 Å². The molecule has 0 saturated carbocycles. The summed E-state index contributed by atoms with van der Waals surface area (Å²) in [4.78, 5) is 22.7. The van der Waals surface area contributed by atoms with Crippen molar-refractivity contribution in [1.29, 1.82) is 0 Å². The second kappa shape index (κ2) is 12.9. The number of rotatable bonds is 12. The van der Waals surface area contributed by atoms with Gasteiger partial charge in [0.15, 0.2) is 5.13 Å². The summed E-state index contributed by atoms with van der Waals surface area (Å²) in [7, 11) is 0. The van der Waals surface area contributed by atoms with Gasteiger partial charge >= 0.3 is 0 Å². The molecule has 1 fully saturated rings. The Morgan fingerprint density at radius 2 is 1.89 bits per heavy atom. The number of carbonyl (C=O) groups excluding carboxylic acids is 1. The summed E-state index contributed by atoms with van der Waals surface area (Å²) < 4.78 is 18.0. The Bertz CT molecular complexity index is 1080. The van der Waals surface area contributed by atoms with E-state index in [4.69, 9.17) is 19.2 Å². The molecule has 188 valence electrons. The van der Waals surface area contributed by atoms with Crippen molar-refractivity contribution < 1.29 is 19.0 Å². The summed E-state index contributed by atoms with van der Waals surface area (Å²) in [5.74, 6) is 1.49. The highest BCUT2D eigenvalue weighted by Gasteiger charge is 2.23. The van der Waals surface area contributed by atoms with Gasteiger partial charge in [0, 0.05) is 31.7 Å². The van der Waals surface area contributed by atoms with Crippen LogP contribution in [0.5, 0.6) is 11.5 Å². The molecule has 0 aliphatic carbocycles. The van der Waals surface area contributed by atoms with Crippen LogP contribution in [0.3, 0.4) is 0 Å². The molecule has 4 rings (SSSR count). The number of ether oxygens (including phenoxy) is 3. The molecule has 7 nitrogen and oxygen atoms in total. The van der Waals surface area contributed by atoms with Crippen molar-refractivity contribution in [3.63, 3.8) is 0 Å². The molecule has 1 saturated heterocycles. The second-order valence-corrected chi connectivity index (χ2v) is 9.53. The zero-order chi connectivity index (χ0) is 24.5. The van der Waals surface area contributed by atoms with Crippen LogP contribution in [-0.4, -0.2) is 68.4 Å². The number of benzene rings is 2. The molecule has 3 aromatic rings. The Morgan fingerprint density at radius 1 is 1.09 bits per heavy atom. The standard InChI is InChI=1S/C27H35N3O4S/c1-3-5-18-34-22-12-10-21(11-13-22)26(31)30(15-7-14-29-16-19-32-20-17-29)27-28-25-23(33-4-2)8-6-9-24(25)35-27/h6,8-13H,3-5,7,14-20H2,1-2H3. The van der Waals surface area contributed by atoms with Crippen molar-refractivity contribution in [2.45, 2.75) is 33.1 Å². The van der Waals surface area contributed by atoms with Crippen LogP contribution in [0.4, 0.5) is 5.13 Å². The maximum atomic E-state index is 13.7. The zero-order valence-electron chi connectivity index (χ0n) is 20.7. The summed E-state index contributed by atoms with van der Waals surface area (Å²) in [5.41, 5.74) is 1.43. The summed E-state index contributed by atoms with van der Waals surface area (Å²) in [5, 5.41) is 0.697. The average Bonchev–Trinajstić information content (AvgIpc) is 3.33. The van der Waals surface area contributed by atoms with E-state index in [1.54, 1.807) is 0 Å². The number of amides is 1. The fourth-order valence-electron chi connectivity index (χ4n) is 4.04. The van der Waals surface area contributed by atoms with Crippen LogP contribution in [0.25, 0.3) is 10.2 Å². The predicted molar refractivity (Wildman–Crippen MR) is 141 cm³/mol. The number of para-hydroxylation sites is 1. The number of thiazole rings is 1. The molecule has 0 bridgehead atoms. The molecule has 0 radical (unpaired) electrons. The molecule has 0 unspecified atom stereocenters. The molecular weight excluding hydrogens is 462 g/mol. The minimum absolute atomic E-state index is 0.0518. The molecule has 1 aromatic heterocycles. The van der Waals surface area contributed by atoms with E-state index in [9.17, 15) is 4.79 Å². The molecule has 0 spiro atoms. The van der Waals surface area contributed by atoms with Gasteiger partial charge in [-0.2, -0.15) is 0 Å². The van der Waals surface area contributed by atoms with E-state index in [0.29, 0.717) is 30.5 Å². The smallest absolute Gasteiger partial charge is 0.260 e. The molecule has 2 aromatic carbocycles. The van der Waals surface area contributed by atoms with Crippen molar-refractivity contribution in [2.24, 2.45) is 0 Å². The van der Waals surface area contributed by atoms with Crippen LogP contribution < -0.4 is 14.4 Å². The Kier molecular flexibility index (Phi) is 9.34. The third-order valence-electron chi connectivity index (χ3n) is 5.97. The molecule has 8 heteroatoms. The first kappa shape index (κ1) is 25.4. The first-order chi connectivity index (χ1) is 17.2. The fraction of sp³-hybridized carbons (Fsp3) is 0.481. The van der Waals surface area contributed by atoms with Crippen LogP contribution in [0, 0.1) is 0 Å². The number of morpholine rings is 1. The van der Waals surface area contributed by atoms with Gasteiger partial charge in [-0.1, -0.05) is 30.7 Å². The number of hydrogen-bond donors (Lipinski definition) is 0. The molecule has 0 atom stereocenters. The lowest BCUT2D eigenvalue weighted by Crippen LogP contribution is -2.39. The molecule has 2 heterocycles. The normalized spacial score (nSPS) is 14.2. The van der Waals surface area contributed by atoms with E-state index in [0.717, 1.165) is 73.8 Å². The topological polar surface area (TPSA) is 64.1 Å². The first-order valence-corrected chi connectivity index (χ1v) is 13.4. The summed E-state index contributed by atoms with van der Waals surface area (Å²) in [6, 6.07) is 13.4. The average molecular weight is 498 g/mol. The SMILES string of the molecule is CCCCOc1ccc(C(=O)N(CCCN2CCOCC2)c2nc3c(OCC)cccc3s2)cc1. The number of unbranched alkanes of at least 4 members (excludes halogenated alkanes) is 1. The van der Waals surface area contributed by atoms with Crippen molar-refractivity contribution in [3.05, 3.63) is 48.0 Å². The van der Waals surface area contributed by atoms with Gasteiger partial charge in [0.2, 0.25) is 0 Å². The number of hydrogen-bond acceptors (Lipinski definition) is 7. The number of aromatic nitrogens is 1. The number of nitrogens with zero attached hydrogens (tertiary/aromatic N) is 3. The predicted octanol–water partition coefficient (Wildman–Crippen LogP) is 5.24. The van der Waals surface area contributed by atoms with E-state index >= 15 is 0 Å². The number of carbonyl (C=O) groups is 1. The van der Waals surface area contributed by atoms with Gasteiger partial charge in [0.1, 0.15) is 17.0 Å². The quantitative estimate of drug-likeness (QED) is 0.319. The minimum atomic E-state index is -0.0518. The molecule has 1 aliphatic rings. The molecule has 1 aliphatic heterocycles. The van der Waals surface area contributed by atoms with Crippen molar-refractivity contribution in [3.8, 4) is 11.5 Å². The van der Waals surface area contributed by atoms with Crippen molar-refractivity contribution in [2.75, 3.05) is 57.5 Å². The van der Waals surface area contributed by atoms with E-state index in [1.165, 1.54) is 11.3 Å². The fourth-order valence-corrected chi connectivity index (χ4v) is 5.05. The largest absolute Gasteiger partial charge is 0.494 e. The molecule has 0 N–H and O–H groups in total. The van der Waals surface area contributed by atoms with Gasteiger partial charge in [0.25, 0.3) is 5.91 Å². The summed E-state index contributed by atoms with van der Waals surface area (Å²) in [6.45, 7) is 10.3. The number of anilines is 1. The lowest BCUT2D eigenvalue weighted by Gasteiger charge is -2.27. The van der Waals surface area contributed by atoms with Crippen LogP contribution in [-0.2, 0) is 4.74 Å². The highest BCUT2D eigenvalue weighted by atomic mass is 32.1. The van der Waals surface area contributed by atoms with Gasteiger partial charge < -0.3 is 14.2 Å². The van der Waals surface area contributed by atoms with Crippen LogP contribution in [0.1, 0.15) is 43.5 Å². The Balaban J connectivity index is 1.54. The minimum Gasteiger partial charge on any atom is -0.494 e. The third kappa shape index (κ3) is 6.72. The summed E-state index contributed by atoms with van der Waals surface area (Å²) in [6.07, 6.45) is 2.96. The highest BCUT2D eigenvalue weighted by molar-refractivity contribution is 7.22. The third-order valence-corrected chi connectivity index (χ3v) is 7.02. The monoisotopic (exact) mass is 497 g/mol. The van der Waals surface area contributed by atoms with E-state index in [2.05, 4.69) is 11.8 Å². The van der Waals surface area contributed by atoms with Gasteiger partial charge in [-0.05, 0) is 56.2 Å². The van der Waals surface area contributed by atoms with Gasteiger partial charge in [-0.15, -0.1) is 0 Å². The Hall–Kier alpha value is -2.68. The van der Waals surface area contributed by atoms with E-state index in [1.807, 2.05) is 54.3 Å². The Morgan fingerprint density at radius 3 is 2.63 bits per heavy atom.